The minimum atomic E-state index is -0.401. The molecule has 2 rings (SSSR count). The van der Waals surface area contributed by atoms with Crippen LogP contribution in [-0.2, 0) is 0 Å². The van der Waals surface area contributed by atoms with Crippen molar-refractivity contribution in [3.05, 3.63) is 65.5 Å². The van der Waals surface area contributed by atoms with Gasteiger partial charge in [-0.1, -0.05) is 30.3 Å². The van der Waals surface area contributed by atoms with Crippen LogP contribution in [0.1, 0.15) is 27.7 Å². The minimum absolute atomic E-state index is 0.139. The van der Waals surface area contributed by atoms with Gasteiger partial charge in [0.05, 0.1) is 12.6 Å². The summed E-state index contributed by atoms with van der Waals surface area (Å²) in [4.78, 5) is 16.1. The standard InChI is InChI=1S/C15H16N2O2/c1-11-9-13(7-8-16-11)15(19)17-14(10-18)12-5-3-2-4-6-12/h2-9,14,18H,10H2,1H3,(H,17,19)/t14-/m0/s1. The molecule has 0 fully saturated rings. The lowest BCUT2D eigenvalue weighted by Crippen LogP contribution is -2.30. The summed E-state index contributed by atoms with van der Waals surface area (Å²) in [5.41, 5.74) is 2.21. The SMILES string of the molecule is Cc1cc(C(=O)N[C@@H](CO)c2ccccc2)ccn1. The highest BCUT2D eigenvalue weighted by atomic mass is 16.3. The molecule has 1 atom stereocenters. The van der Waals surface area contributed by atoms with Gasteiger partial charge in [0.1, 0.15) is 0 Å². The number of aliphatic hydroxyl groups excluding tert-OH is 1. The highest BCUT2D eigenvalue weighted by molar-refractivity contribution is 5.94. The molecule has 0 aliphatic heterocycles. The fourth-order valence-corrected chi connectivity index (χ4v) is 1.85. The molecular formula is C15H16N2O2. The molecule has 98 valence electrons. The predicted molar refractivity (Wildman–Crippen MR) is 72.7 cm³/mol. The Morgan fingerprint density at radius 2 is 2.05 bits per heavy atom. The van der Waals surface area contributed by atoms with E-state index in [1.807, 2.05) is 37.3 Å². The monoisotopic (exact) mass is 256 g/mol. The Labute approximate surface area is 112 Å². The predicted octanol–water partition coefficient (Wildman–Crippen LogP) is 1.85. The zero-order valence-electron chi connectivity index (χ0n) is 10.7. The van der Waals surface area contributed by atoms with Crippen LogP contribution < -0.4 is 5.32 Å². The molecule has 4 nitrogen and oxygen atoms in total. The molecule has 0 aliphatic carbocycles. The Hall–Kier alpha value is -2.20. The van der Waals surface area contributed by atoms with E-state index in [0.29, 0.717) is 5.56 Å². The molecule has 0 radical (unpaired) electrons. The quantitative estimate of drug-likeness (QED) is 0.877. The summed E-state index contributed by atoms with van der Waals surface area (Å²) in [5.74, 6) is -0.214. The summed E-state index contributed by atoms with van der Waals surface area (Å²) in [5, 5.41) is 12.2. The van der Waals surface area contributed by atoms with E-state index in [4.69, 9.17) is 0 Å². The van der Waals surface area contributed by atoms with Gasteiger partial charge in [0.2, 0.25) is 0 Å². The highest BCUT2D eigenvalue weighted by Crippen LogP contribution is 2.12. The lowest BCUT2D eigenvalue weighted by molar-refractivity contribution is 0.0916. The lowest BCUT2D eigenvalue weighted by atomic mass is 10.1. The Bertz CT molecular complexity index is 555. The number of carbonyl (C=O) groups excluding carboxylic acids is 1. The first kappa shape index (κ1) is 13.2. The number of carbonyl (C=O) groups is 1. The van der Waals surface area contributed by atoms with Crippen LogP contribution in [0.2, 0.25) is 0 Å². The Morgan fingerprint density at radius 3 is 2.68 bits per heavy atom. The molecule has 0 spiro atoms. The number of aryl methyl sites for hydroxylation is 1. The number of aliphatic hydroxyl groups is 1. The van der Waals surface area contributed by atoms with Gasteiger partial charge in [0.25, 0.3) is 5.91 Å². The zero-order valence-corrected chi connectivity index (χ0v) is 10.7. The highest BCUT2D eigenvalue weighted by Gasteiger charge is 2.14. The van der Waals surface area contributed by atoms with Gasteiger partial charge < -0.3 is 10.4 Å². The normalized spacial score (nSPS) is 11.9. The van der Waals surface area contributed by atoms with Crippen molar-refractivity contribution >= 4 is 5.91 Å². The number of rotatable bonds is 4. The fourth-order valence-electron chi connectivity index (χ4n) is 1.85. The summed E-state index contributed by atoms with van der Waals surface area (Å²) in [6.07, 6.45) is 1.60. The summed E-state index contributed by atoms with van der Waals surface area (Å²) < 4.78 is 0. The summed E-state index contributed by atoms with van der Waals surface area (Å²) in [6.45, 7) is 1.69. The fraction of sp³-hybridized carbons (Fsp3) is 0.200. The molecule has 0 unspecified atom stereocenters. The largest absolute Gasteiger partial charge is 0.394 e. The van der Waals surface area contributed by atoms with Gasteiger partial charge in [-0.3, -0.25) is 9.78 Å². The zero-order chi connectivity index (χ0) is 13.7. The van der Waals surface area contributed by atoms with Gasteiger partial charge in [-0.2, -0.15) is 0 Å². The number of aromatic nitrogens is 1. The van der Waals surface area contributed by atoms with Crippen LogP contribution >= 0.6 is 0 Å². The van der Waals surface area contributed by atoms with Crippen molar-refractivity contribution < 1.29 is 9.90 Å². The maximum atomic E-state index is 12.1. The Balaban J connectivity index is 2.13. The van der Waals surface area contributed by atoms with Crippen LogP contribution in [0.4, 0.5) is 0 Å². The van der Waals surface area contributed by atoms with Gasteiger partial charge in [0.15, 0.2) is 0 Å². The average Bonchev–Trinajstić information content (AvgIpc) is 2.45. The summed E-state index contributed by atoms with van der Waals surface area (Å²) in [6, 6.07) is 12.4. The number of hydrogen-bond donors (Lipinski definition) is 2. The summed E-state index contributed by atoms with van der Waals surface area (Å²) >= 11 is 0. The van der Waals surface area contributed by atoms with Crippen molar-refractivity contribution in [3.8, 4) is 0 Å². The molecule has 0 aliphatic rings. The molecule has 1 heterocycles. The number of amides is 1. The first-order chi connectivity index (χ1) is 9.20. The number of pyridine rings is 1. The van der Waals surface area contributed by atoms with Crippen LogP contribution in [-0.4, -0.2) is 22.6 Å². The molecule has 2 aromatic rings. The molecule has 19 heavy (non-hydrogen) atoms. The van der Waals surface area contributed by atoms with E-state index in [9.17, 15) is 9.90 Å². The molecule has 1 aromatic carbocycles. The maximum Gasteiger partial charge on any atom is 0.251 e. The van der Waals surface area contributed by atoms with E-state index in [1.54, 1.807) is 18.3 Å². The van der Waals surface area contributed by atoms with E-state index < -0.39 is 6.04 Å². The van der Waals surface area contributed by atoms with Crippen molar-refractivity contribution in [2.75, 3.05) is 6.61 Å². The van der Waals surface area contributed by atoms with Gasteiger partial charge in [-0.05, 0) is 24.6 Å². The second-order valence-electron chi connectivity index (χ2n) is 4.31. The van der Waals surface area contributed by atoms with Crippen molar-refractivity contribution in [3.63, 3.8) is 0 Å². The van der Waals surface area contributed by atoms with Crippen LogP contribution in [0.3, 0.4) is 0 Å². The van der Waals surface area contributed by atoms with Crippen LogP contribution in [0, 0.1) is 6.92 Å². The molecule has 2 N–H and O–H groups in total. The van der Waals surface area contributed by atoms with Crippen LogP contribution in [0.15, 0.2) is 48.7 Å². The first-order valence-corrected chi connectivity index (χ1v) is 6.10. The molecule has 1 aromatic heterocycles. The smallest absolute Gasteiger partial charge is 0.251 e. The van der Waals surface area contributed by atoms with Crippen molar-refractivity contribution in [1.29, 1.82) is 0 Å². The second kappa shape index (κ2) is 6.11. The van der Waals surface area contributed by atoms with E-state index in [-0.39, 0.29) is 12.5 Å². The Morgan fingerprint density at radius 1 is 1.32 bits per heavy atom. The molecule has 0 bridgehead atoms. The molecule has 0 saturated heterocycles. The third-order valence-electron chi connectivity index (χ3n) is 2.85. The van der Waals surface area contributed by atoms with Crippen LogP contribution in [0.5, 0.6) is 0 Å². The molecule has 1 amide bonds. The number of hydrogen-bond acceptors (Lipinski definition) is 3. The number of benzene rings is 1. The number of nitrogens with one attached hydrogen (secondary N) is 1. The maximum absolute atomic E-state index is 12.1. The van der Waals surface area contributed by atoms with Gasteiger partial charge >= 0.3 is 0 Å². The Kier molecular flexibility index (Phi) is 4.26. The van der Waals surface area contributed by atoms with Gasteiger partial charge in [-0.15, -0.1) is 0 Å². The molecule has 4 heteroatoms. The van der Waals surface area contributed by atoms with Gasteiger partial charge in [0, 0.05) is 17.5 Å². The van der Waals surface area contributed by atoms with Crippen molar-refractivity contribution in [2.24, 2.45) is 0 Å². The summed E-state index contributed by atoms with van der Waals surface area (Å²) in [7, 11) is 0. The van der Waals surface area contributed by atoms with E-state index in [2.05, 4.69) is 10.3 Å². The third-order valence-corrected chi connectivity index (χ3v) is 2.85. The topological polar surface area (TPSA) is 62.2 Å². The van der Waals surface area contributed by atoms with Gasteiger partial charge in [-0.25, -0.2) is 0 Å². The third kappa shape index (κ3) is 3.39. The first-order valence-electron chi connectivity index (χ1n) is 6.10. The van der Waals surface area contributed by atoms with E-state index >= 15 is 0 Å². The van der Waals surface area contributed by atoms with Crippen molar-refractivity contribution in [2.45, 2.75) is 13.0 Å². The molecular weight excluding hydrogens is 240 g/mol. The second-order valence-corrected chi connectivity index (χ2v) is 4.31. The number of nitrogens with zero attached hydrogens (tertiary/aromatic N) is 1. The lowest BCUT2D eigenvalue weighted by Gasteiger charge is -2.16. The average molecular weight is 256 g/mol. The van der Waals surface area contributed by atoms with E-state index in [0.717, 1.165) is 11.3 Å². The minimum Gasteiger partial charge on any atom is -0.394 e. The van der Waals surface area contributed by atoms with E-state index in [1.165, 1.54) is 0 Å². The van der Waals surface area contributed by atoms with Crippen LogP contribution in [0.25, 0.3) is 0 Å². The molecule has 0 saturated carbocycles. The van der Waals surface area contributed by atoms with Crippen molar-refractivity contribution in [1.82, 2.24) is 10.3 Å².